The Morgan fingerprint density at radius 3 is 2.81 bits per heavy atom. The molecule has 2 N–H and O–H groups in total. The van der Waals surface area contributed by atoms with E-state index in [1.807, 2.05) is 36.3 Å². The first-order valence-corrected chi connectivity index (χ1v) is 6.74. The lowest BCUT2D eigenvalue weighted by Crippen LogP contribution is -2.18. The molecule has 0 spiro atoms. The maximum atomic E-state index is 14.0. The van der Waals surface area contributed by atoms with Crippen LogP contribution < -0.4 is 5.73 Å². The molecule has 1 heterocycles. The van der Waals surface area contributed by atoms with Gasteiger partial charge in [0.25, 0.3) is 0 Å². The van der Waals surface area contributed by atoms with Crippen LogP contribution in [0.2, 0.25) is 0 Å². The molecule has 0 bridgehead atoms. The van der Waals surface area contributed by atoms with Crippen LogP contribution >= 0.6 is 0 Å². The molecule has 3 nitrogen and oxygen atoms in total. The molecule has 0 aliphatic heterocycles. The quantitative estimate of drug-likeness (QED) is 0.874. The van der Waals surface area contributed by atoms with Gasteiger partial charge in [-0.2, -0.15) is 0 Å². The van der Waals surface area contributed by atoms with Crippen LogP contribution in [0.5, 0.6) is 0 Å². The summed E-state index contributed by atoms with van der Waals surface area (Å²) in [6, 6.07) is 8.95. The first-order valence-electron chi connectivity index (χ1n) is 6.74. The van der Waals surface area contributed by atoms with E-state index in [0.29, 0.717) is 17.7 Å². The Balaban J connectivity index is 2.02. The first kappa shape index (κ1) is 15.2. The van der Waals surface area contributed by atoms with E-state index in [4.69, 9.17) is 5.73 Å². The fourth-order valence-electron chi connectivity index (χ4n) is 2.06. The van der Waals surface area contributed by atoms with Crippen LogP contribution in [0.1, 0.15) is 16.7 Å². The average Bonchev–Trinajstić information content (AvgIpc) is 2.48. The Bertz CT molecular complexity index is 644. The second-order valence-electron chi connectivity index (χ2n) is 4.85. The number of hydrogen-bond donors (Lipinski definition) is 1. The molecule has 0 fully saturated rings. The molecular weight excluding hydrogens is 265 g/mol. The number of aromatic nitrogens is 1. The van der Waals surface area contributed by atoms with Gasteiger partial charge in [0.1, 0.15) is 5.82 Å². The largest absolute Gasteiger partial charge is 0.320 e. The van der Waals surface area contributed by atoms with Crippen LogP contribution in [0.4, 0.5) is 4.39 Å². The molecule has 1 aromatic heterocycles. The zero-order valence-corrected chi connectivity index (χ0v) is 12.0. The lowest BCUT2D eigenvalue weighted by atomic mass is 10.1. The molecule has 2 aromatic rings. The third-order valence-electron chi connectivity index (χ3n) is 3.00. The van der Waals surface area contributed by atoms with Crippen molar-refractivity contribution < 1.29 is 4.39 Å². The topological polar surface area (TPSA) is 42.2 Å². The Morgan fingerprint density at radius 1 is 1.29 bits per heavy atom. The van der Waals surface area contributed by atoms with Crippen molar-refractivity contribution in [2.24, 2.45) is 5.73 Å². The normalized spacial score (nSPS) is 10.3. The van der Waals surface area contributed by atoms with Crippen molar-refractivity contribution >= 4 is 0 Å². The second kappa shape index (κ2) is 7.53. The van der Waals surface area contributed by atoms with Crippen molar-refractivity contribution in [2.75, 3.05) is 13.6 Å². The van der Waals surface area contributed by atoms with Crippen LogP contribution in [0.15, 0.2) is 42.7 Å². The van der Waals surface area contributed by atoms with E-state index in [-0.39, 0.29) is 12.4 Å². The molecule has 108 valence electrons. The maximum absolute atomic E-state index is 14.0. The number of nitrogens with two attached hydrogens (primary N) is 1. The van der Waals surface area contributed by atoms with Gasteiger partial charge >= 0.3 is 0 Å². The van der Waals surface area contributed by atoms with Crippen LogP contribution in [0.3, 0.4) is 0 Å². The predicted octanol–water partition coefficient (Wildman–Crippen LogP) is 2.16. The molecule has 1 aromatic carbocycles. The van der Waals surface area contributed by atoms with E-state index in [2.05, 4.69) is 16.8 Å². The molecule has 0 unspecified atom stereocenters. The van der Waals surface area contributed by atoms with Crippen molar-refractivity contribution in [3.05, 3.63) is 65.2 Å². The average molecular weight is 283 g/mol. The van der Waals surface area contributed by atoms with Gasteiger partial charge in [0.2, 0.25) is 0 Å². The summed E-state index contributed by atoms with van der Waals surface area (Å²) in [5.41, 5.74) is 7.71. The monoisotopic (exact) mass is 283 g/mol. The summed E-state index contributed by atoms with van der Waals surface area (Å²) in [7, 11) is 1.95. The van der Waals surface area contributed by atoms with Crippen molar-refractivity contribution in [1.82, 2.24) is 9.88 Å². The van der Waals surface area contributed by atoms with Gasteiger partial charge in [0.05, 0.1) is 6.54 Å². The summed E-state index contributed by atoms with van der Waals surface area (Å²) >= 11 is 0. The van der Waals surface area contributed by atoms with Gasteiger partial charge in [-0.3, -0.25) is 9.88 Å². The molecule has 2 rings (SSSR count). The van der Waals surface area contributed by atoms with Crippen molar-refractivity contribution in [3.8, 4) is 11.8 Å². The number of pyridine rings is 1. The third kappa shape index (κ3) is 4.67. The summed E-state index contributed by atoms with van der Waals surface area (Å²) < 4.78 is 14.0. The minimum atomic E-state index is -0.239. The van der Waals surface area contributed by atoms with Gasteiger partial charge in [-0.15, -0.1) is 0 Å². The highest BCUT2D eigenvalue weighted by Crippen LogP contribution is 2.13. The summed E-state index contributed by atoms with van der Waals surface area (Å²) in [5.74, 6) is 5.31. The fourth-order valence-corrected chi connectivity index (χ4v) is 2.06. The van der Waals surface area contributed by atoms with Crippen LogP contribution in [0, 0.1) is 17.7 Å². The van der Waals surface area contributed by atoms with Crippen molar-refractivity contribution in [2.45, 2.75) is 13.1 Å². The lowest BCUT2D eigenvalue weighted by molar-refractivity contribution is 0.313. The molecule has 0 aliphatic carbocycles. The van der Waals surface area contributed by atoms with Crippen molar-refractivity contribution in [1.29, 1.82) is 0 Å². The van der Waals surface area contributed by atoms with Gasteiger partial charge in [0.15, 0.2) is 0 Å². The number of halogens is 1. The van der Waals surface area contributed by atoms with E-state index >= 15 is 0 Å². The van der Waals surface area contributed by atoms with Crippen molar-refractivity contribution in [3.63, 3.8) is 0 Å². The molecule has 4 heteroatoms. The summed E-state index contributed by atoms with van der Waals surface area (Å²) in [6.07, 6.45) is 3.56. The predicted molar refractivity (Wildman–Crippen MR) is 81.7 cm³/mol. The molecule has 0 radical (unpaired) electrons. The summed E-state index contributed by atoms with van der Waals surface area (Å²) in [6.45, 7) is 1.53. The third-order valence-corrected chi connectivity index (χ3v) is 3.00. The van der Waals surface area contributed by atoms with Gasteiger partial charge in [-0.05, 0) is 30.8 Å². The zero-order chi connectivity index (χ0) is 15.1. The number of rotatable bonds is 4. The summed E-state index contributed by atoms with van der Waals surface area (Å²) in [4.78, 5) is 6.12. The highest BCUT2D eigenvalue weighted by Gasteiger charge is 2.07. The van der Waals surface area contributed by atoms with Crippen LogP contribution in [-0.2, 0) is 13.1 Å². The molecular formula is C17H18FN3. The standard InChI is InChI=1S/C17H18FN3/c1-21(12-15-5-3-9-20-11-15)13-16-7-6-14(4-2-8-19)10-17(16)18/h3,5-7,9-11H,8,12-13,19H2,1H3. The van der Waals surface area contributed by atoms with E-state index in [0.717, 1.165) is 12.1 Å². The van der Waals surface area contributed by atoms with Gasteiger partial charge in [0, 0.05) is 36.6 Å². The Morgan fingerprint density at radius 2 is 2.14 bits per heavy atom. The lowest BCUT2D eigenvalue weighted by Gasteiger charge is -2.17. The Kier molecular flexibility index (Phi) is 5.44. The van der Waals surface area contributed by atoms with Crippen LogP contribution in [0.25, 0.3) is 0 Å². The second-order valence-corrected chi connectivity index (χ2v) is 4.85. The number of benzene rings is 1. The minimum absolute atomic E-state index is 0.239. The molecule has 0 atom stereocenters. The number of hydrogen-bond acceptors (Lipinski definition) is 3. The van der Waals surface area contributed by atoms with Gasteiger partial charge < -0.3 is 5.73 Å². The van der Waals surface area contributed by atoms with E-state index in [1.165, 1.54) is 6.07 Å². The van der Waals surface area contributed by atoms with Gasteiger partial charge in [-0.25, -0.2) is 4.39 Å². The van der Waals surface area contributed by atoms with E-state index in [9.17, 15) is 4.39 Å². The number of nitrogens with zero attached hydrogens (tertiary/aromatic N) is 2. The highest BCUT2D eigenvalue weighted by atomic mass is 19.1. The zero-order valence-electron chi connectivity index (χ0n) is 12.0. The molecule has 0 aliphatic rings. The minimum Gasteiger partial charge on any atom is -0.320 e. The van der Waals surface area contributed by atoms with Gasteiger partial charge in [-0.1, -0.05) is 24.0 Å². The fraction of sp³-hybridized carbons (Fsp3) is 0.235. The SMILES string of the molecule is CN(Cc1cccnc1)Cc1ccc(C#CCN)cc1F. The molecule has 0 saturated carbocycles. The first-order chi connectivity index (χ1) is 10.2. The smallest absolute Gasteiger partial charge is 0.128 e. The Hall–Kier alpha value is -2.22. The molecule has 0 saturated heterocycles. The summed E-state index contributed by atoms with van der Waals surface area (Å²) in [5, 5.41) is 0. The maximum Gasteiger partial charge on any atom is 0.128 e. The van der Waals surface area contributed by atoms with E-state index < -0.39 is 0 Å². The molecule has 0 amide bonds. The Labute approximate surface area is 124 Å². The highest BCUT2D eigenvalue weighted by molar-refractivity contribution is 5.37. The molecule has 21 heavy (non-hydrogen) atoms. The van der Waals surface area contributed by atoms with Crippen LogP contribution in [-0.4, -0.2) is 23.5 Å². The van der Waals surface area contributed by atoms with E-state index in [1.54, 1.807) is 12.3 Å².